The summed E-state index contributed by atoms with van der Waals surface area (Å²) >= 11 is 0. The van der Waals surface area contributed by atoms with Crippen LogP contribution in [0.4, 0.5) is 24.7 Å². The summed E-state index contributed by atoms with van der Waals surface area (Å²) in [5.41, 5.74) is -0.126. The van der Waals surface area contributed by atoms with E-state index in [0.717, 1.165) is 11.5 Å². The Morgan fingerprint density at radius 2 is 1.97 bits per heavy atom. The Hall–Kier alpha value is -3.24. The van der Waals surface area contributed by atoms with Crippen molar-refractivity contribution in [2.75, 3.05) is 31.0 Å². The fraction of sp³-hybridized carbons (Fsp3) is 0.375. The maximum absolute atomic E-state index is 15.0. The van der Waals surface area contributed by atoms with Gasteiger partial charge in [0.25, 0.3) is 11.8 Å². The molecule has 7 nitrogen and oxygen atoms in total. The number of fused-ring (bicyclic) bond motifs is 2. The third-order valence-electron chi connectivity index (χ3n) is 6.52. The summed E-state index contributed by atoms with van der Waals surface area (Å²) in [5.74, 6) is -4.73. The van der Waals surface area contributed by atoms with E-state index in [9.17, 15) is 18.0 Å². The highest BCUT2D eigenvalue weighted by Gasteiger charge is 2.47. The van der Waals surface area contributed by atoms with Crippen molar-refractivity contribution >= 4 is 28.2 Å². The number of amides is 1. The van der Waals surface area contributed by atoms with Gasteiger partial charge in [0.2, 0.25) is 0 Å². The largest absolute Gasteiger partial charge is 0.390 e. The van der Waals surface area contributed by atoms with Gasteiger partial charge in [-0.05, 0) is 39.0 Å². The minimum Gasteiger partial charge on any atom is -0.390 e. The van der Waals surface area contributed by atoms with E-state index in [2.05, 4.69) is 15.5 Å². The Bertz CT molecular complexity index is 1300. The van der Waals surface area contributed by atoms with Crippen LogP contribution in [0.2, 0.25) is 0 Å². The first-order valence-electron chi connectivity index (χ1n) is 10.6. The van der Waals surface area contributed by atoms with E-state index in [1.807, 2.05) is 6.07 Å². The number of nitrogens with one attached hydrogen (secondary N) is 1. The number of carbonyl (C=O) groups excluding carboxylic acids is 1. The Labute approximate surface area is 194 Å². The van der Waals surface area contributed by atoms with Crippen LogP contribution in [0.1, 0.15) is 42.3 Å². The second-order valence-electron chi connectivity index (χ2n) is 8.59. The van der Waals surface area contributed by atoms with E-state index in [4.69, 9.17) is 9.84 Å². The molecule has 1 aliphatic rings. The van der Waals surface area contributed by atoms with E-state index in [-0.39, 0.29) is 11.5 Å². The zero-order valence-electron chi connectivity index (χ0n) is 19.4. The number of carbonyl (C=O) groups is 1. The molecule has 0 aliphatic carbocycles. The number of nitrogens with zero attached hydrogens (tertiary/aromatic N) is 3. The first-order chi connectivity index (χ1) is 16.0. The standard InChI is InChI=1S/C24H25F3N4O3/c1-12(14-7-6-8-17(20(14)25)24(26,27)11-32)28-21-16-9-18-19(10-15(16)13(2)29-30-21)31(4)22(33)23(18,3)34-5/h6-10,12,32H,11H2,1-5H3,(H,28,30)/t12-,23?/m1/s1. The lowest BCUT2D eigenvalue weighted by molar-refractivity contribution is -0.137. The molecule has 2 heterocycles. The first-order valence-corrected chi connectivity index (χ1v) is 10.6. The van der Waals surface area contributed by atoms with Crippen molar-refractivity contribution in [1.82, 2.24) is 10.2 Å². The zero-order chi connectivity index (χ0) is 25.0. The molecule has 1 amide bonds. The van der Waals surface area contributed by atoms with Crippen LogP contribution in [0.3, 0.4) is 0 Å². The molecule has 0 fully saturated rings. The summed E-state index contributed by atoms with van der Waals surface area (Å²) < 4.78 is 48.5. The second kappa shape index (κ2) is 8.21. The van der Waals surface area contributed by atoms with Crippen LogP contribution in [0.5, 0.6) is 0 Å². The highest BCUT2D eigenvalue weighted by Crippen LogP contribution is 2.45. The lowest BCUT2D eigenvalue weighted by Gasteiger charge is -2.22. The number of methoxy groups -OCH3 is 1. The third kappa shape index (κ3) is 3.48. The Balaban J connectivity index is 1.81. The van der Waals surface area contributed by atoms with Crippen LogP contribution < -0.4 is 10.2 Å². The molecule has 0 radical (unpaired) electrons. The summed E-state index contributed by atoms with van der Waals surface area (Å²) in [6.07, 6.45) is 0. The van der Waals surface area contributed by atoms with E-state index >= 15 is 0 Å². The molecule has 3 aromatic rings. The molecule has 0 spiro atoms. The number of alkyl halides is 2. The van der Waals surface area contributed by atoms with Gasteiger partial charge in [0.05, 0.1) is 23.0 Å². The van der Waals surface area contributed by atoms with E-state index in [1.54, 1.807) is 33.9 Å². The molecule has 2 atom stereocenters. The smallest absolute Gasteiger partial charge is 0.298 e. The van der Waals surface area contributed by atoms with Crippen molar-refractivity contribution in [2.24, 2.45) is 0 Å². The third-order valence-corrected chi connectivity index (χ3v) is 6.52. The fourth-order valence-corrected chi connectivity index (χ4v) is 4.36. The SMILES string of the molecule is COC1(C)C(=O)N(C)c2cc3c(C)nnc(N[C@H](C)c4cccc(C(F)(F)CO)c4F)c3cc21. The lowest BCUT2D eigenvalue weighted by Crippen LogP contribution is -2.37. The van der Waals surface area contributed by atoms with Gasteiger partial charge in [-0.1, -0.05) is 12.1 Å². The minimum atomic E-state index is -3.71. The number of anilines is 2. The quantitative estimate of drug-likeness (QED) is 0.558. The van der Waals surface area contributed by atoms with E-state index < -0.39 is 35.6 Å². The minimum absolute atomic E-state index is 0.0149. The van der Waals surface area contributed by atoms with E-state index in [1.165, 1.54) is 24.1 Å². The second-order valence-corrected chi connectivity index (χ2v) is 8.59. The molecular formula is C24H25F3N4O3. The molecular weight excluding hydrogens is 449 g/mol. The Morgan fingerprint density at radius 1 is 1.26 bits per heavy atom. The molecule has 34 heavy (non-hydrogen) atoms. The van der Waals surface area contributed by atoms with Gasteiger partial charge in [-0.2, -0.15) is 13.9 Å². The number of hydrogen-bond donors (Lipinski definition) is 2. The van der Waals surface area contributed by atoms with Crippen LogP contribution in [0.15, 0.2) is 30.3 Å². The summed E-state index contributed by atoms with van der Waals surface area (Å²) in [6.45, 7) is 3.57. The number of ether oxygens (including phenoxy) is 1. The number of hydrogen-bond acceptors (Lipinski definition) is 6. The number of rotatable bonds is 6. The molecule has 0 saturated carbocycles. The molecule has 4 rings (SSSR count). The normalized spacial score (nSPS) is 19.0. The van der Waals surface area contributed by atoms with Gasteiger partial charge in [-0.15, -0.1) is 5.10 Å². The number of halogens is 3. The average molecular weight is 474 g/mol. The maximum Gasteiger partial charge on any atom is 0.298 e. The first kappa shape index (κ1) is 23.9. The van der Waals surface area contributed by atoms with Gasteiger partial charge in [0.15, 0.2) is 11.4 Å². The van der Waals surface area contributed by atoms with Gasteiger partial charge in [0, 0.05) is 36.1 Å². The van der Waals surface area contributed by atoms with Crippen molar-refractivity contribution < 1.29 is 27.8 Å². The summed E-state index contributed by atoms with van der Waals surface area (Å²) in [6, 6.07) is 6.51. The number of benzene rings is 2. The van der Waals surface area contributed by atoms with E-state index in [0.29, 0.717) is 28.1 Å². The molecule has 2 N–H and O–H groups in total. The highest BCUT2D eigenvalue weighted by molar-refractivity contribution is 6.10. The average Bonchev–Trinajstić information content (AvgIpc) is 3.01. The van der Waals surface area contributed by atoms with Gasteiger partial charge < -0.3 is 20.1 Å². The molecule has 0 saturated heterocycles. The molecule has 180 valence electrons. The number of aliphatic hydroxyl groups is 1. The van der Waals surface area contributed by atoms with Crippen LogP contribution in [-0.2, 0) is 21.1 Å². The molecule has 2 aromatic carbocycles. The molecule has 1 aliphatic heterocycles. The van der Waals surface area contributed by atoms with Gasteiger partial charge >= 0.3 is 0 Å². The zero-order valence-corrected chi connectivity index (χ0v) is 19.4. The molecule has 10 heteroatoms. The van der Waals surface area contributed by atoms with Crippen molar-refractivity contribution in [1.29, 1.82) is 0 Å². The summed E-state index contributed by atoms with van der Waals surface area (Å²) in [4.78, 5) is 14.4. The highest BCUT2D eigenvalue weighted by atomic mass is 19.3. The van der Waals surface area contributed by atoms with Gasteiger partial charge in [-0.3, -0.25) is 4.79 Å². The lowest BCUT2D eigenvalue weighted by atomic mass is 9.94. The van der Waals surface area contributed by atoms with Crippen LogP contribution in [0, 0.1) is 12.7 Å². The molecule has 1 aromatic heterocycles. The van der Waals surface area contributed by atoms with Crippen molar-refractivity contribution in [2.45, 2.75) is 38.3 Å². The number of aryl methyl sites for hydroxylation is 1. The topological polar surface area (TPSA) is 87.6 Å². The van der Waals surface area contributed by atoms with Crippen molar-refractivity contribution in [3.05, 3.63) is 58.5 Å². The summed E-state index contributed by atoms with van der Waals surface area (Å²) in [5, 5.41) is 21.8. The predicted octanol–water partition coefficient (Wildman–Crippen LogP) is 4.17. The monoisotopic (exact) mass is 474 g/mol. The van der Waals surface area contributed by atoms with Gasteiger partial charge in [0.1, 0.15) is 12.4 Å². The maximum atomic E-state index is 15.0. The van der Waals surface area contributed by atoms with Gasteiger partial charge in [-0.25, -0.2) is 4.39 Å². The van der Waals surface area contributed by atoms with Crippen molar-refractivity contribution in [3.63, 3.8) is 0 Å². The predicted molar refractivity (Wildman–Crippen MR) is 121 cm³/mol. The number of aromatic nitrogens is 2. The molecule has 1 unspecified atom stereocenters. The van der Waals surface area contributed by atoms with Crippen LogP contribution >= 0.6 is 0 Å². The Kier molecular flexibility index (Phi) is 5.77. The number of likely N-dealkylation sites (N-methyl/N-ethyl adjacent to an activating group) is 1. The molecule has 0 bridgehead atoms. The van der Waals surface area contributed by atoms with Crippen molar-refractivity contribution in [3.8, 4) is 0 Å². The van der Waals surface area contributed by atoms with Crippen LogP contribution in [-0.4, -0.2) is 42.0 Å². The number of aliphatic hydroxyl groups excluding tert-OH is 1. The summed E-state index contributed by atoms with van der Waals surface area (Å²) in [7, 11) is 3.13. The van der Waals surface area contributed by atoms with Crippen LogP contribution in [0.25, 0.3) is 10.8 Å². The Morgan fingerprint density at radius 3 is 2.62 bits per heavy atom. The fourth-order valence-electron chi connectivity index (χ4n) is 4.36.